The zero-order valence-corrected chi connectivity index (χ0v) is 14.7. The van der Waals surface area contributed by atoms with Crippen LogP contribution >= 0.6 is 0 Å². The summed E-state index contributed by atoms with van der Waals surface area (Å²) >= 11 is 0. The average Bonchev–Trinajstić information content (AvgIpc) is 3.33. The minimum Gasteiger partial charge on any atom is -0.382 e. The summed E-state index contributed by atoms with van der Waals surface area (Å²) < 4.78 is 5.28. The van der Waals surface area contributed by atoms with Gasteiger partial charge in [0.15, 0.2) is 5.78 Å². The van der Waals surface area contributed by atoms with E-state index in [1.807, 2.05) is 30.9 Å². The number of amides is 1. The van der Waals surface area contributed by atoms with Crippen LogP contribution in [0.4, 0.5) is 5.69 Å². The molecule has 5 nitrogen and oxygen atoms in total. The van der Waals surface area contributed by atoms with Crippen LogP contribution in [0, 0.1) is 6.92 Å². The number of nitrogens with two attached hydrogens (primary N) is 1. The van der Waals surface area contributed by atoms with Crippen molar-refractivity contribution in [3.63, 3.8) is 0 Å². The topological polar surface area (TPSA) is 72.6 Å². The Hall–Kier alpha value is -1.88. The van der Waals surface area contributed by atoms with Gasteiger partial charge in [-0.1, -0.05) is 17.7 Å². The van der Waals surface area contributed by atoms with Gasteiger partial charge in [-0.2, -0.15) is 0 Å². The molecule has 5 heteroatoms. The van der Waals surface area contributed by atoms with Gasteiger partial charge in [0.25, 0.3) is 0 Å². The molecule has 1 heterocycles. The molecular weight excluding hydrogens is 304 g/mol. The summed E-state index contributed by atoms with van der Waals surface area (Å²) in [4.78, 5) is 26.8. The molecule has 130 valence electrons. The van der Waals surface area contributed by atoms with Crippen molar-refractivity contribution < 1.29 is 14.3 Å². The number of nitrogens with zero attached hydrogens (tertiary/aromatic N) is 1. The Balaban J connectivity index is 1.95. The van der Waals surface area contributed by atoms with Gasteiger partial charge in [0.1, 0.15) is 6.04 Å². The average molecular weight is 330 g/mol. The number of carbonyl (C=O) groups excluding carboxylic acids is 2. The quantitative estimate of drug-likeness (QED) is 0.867. The zero-order chi connectivity index (χ0) is 17.5. The molecule has 3 rings (SSSR count). The molecule has 1 aromatic rings. The highest BCUT2D eigenvalue weighted by atomic mass is 16.5. The molecule has 0 aromatic heterocycles. The van der Waals surface area contributed by atoms with Crippen molar-refractivity contribution in [1.29, 1.82) is 0 Å². The van der Waals surface area contributed by atoms with Crippen LogP contribution in [0.1, 0.15) is 43.7 Å². The maximum atomic E-state index is 12.8. The second kappa shape index (κ2) is 6.20. The van der Waals surface area contributed by atoms with Gasteiger partial charge in [-0.25, -0.2) is 0 Å². The number of aryl methyl sites for hydroxylation is 1. The molecule has 0 bridgehead atoms. The van der Waals surface area contributed by atoms with Gasteiger partial charge in [0, 0.05) is 12.8 Å². The van der Waals surface area contributed by atoms with Crippen LogP contribution in [0.2, 0.25) is 0 Å². The Labute approximate surface area is 143 Å². The van der Waals surface area contributed by atoms with Crippen LogP contribution in [0.25, 0.3) is 0 Å². The summed E-state index contributed by atoms with van der Waals surface area (Å²) in [5, 5.41) is 0. The van der Waals surface area contributed by atoms with E-state index in [4.69, 9.17) is 10.5 Å². The summed E-state index contributed by atoms with van der Waals surface area (Å²) in [5.41, 5.74) is 8.58. The summed E-state index contributed by atoms with van der Waals surface area (Å²) in [6.45, 7) is 4.27. The number of hydrogen-bond donors (Lipinski definition) is 1. The number of methoxy groups -OCH3 is 1. The van der Waals surface area contributed by atoms with Crippen molar-refractivity contribution in [3.8, 4) is 0 Å². The van der Waals surface area contributed by atoms with Crippen molar-refractivity contribution >= 4 is 17.4 Å². The molecule has 1 aliphatic heterocycles. The van der Waals surface area contributed by atoms with Crippen LogP contribution < -0.4 is 10.6 Å². The number of Topliss-reactive ketones (excluding diaryl/α,β-unsaturated/α-hetero) is 1. The predicted octanol–water partition coefficient (Wildman–Crippen LogP) is 2.08. The van der Waals surface area contributed by atoms with Crippen LogP contribution in [0.15, 0.2) is 18.2 Å². The number of carbonyl (C=O) groups is 2. The minimum atomic E-state index is -0.482. The van der Waals surface area contributed by atoms with Gasteiger partial charge >= 0.3 is 0 Å². The van der Waals surface area contributed by atoms with E-state index in [1.165, 1.54) is 0 Å². The lowest BCUT2D eigenvalue weighted by Crippen LogP contribution is -2.52. The third-order valence-corrected chi connectivity index (χ3v) is 5.53. The van der Waals surface area contributed by atoms with Crippen LogP contribution in [0.3, 0.4) is 0 Å². The molecule has 1 spiro atoms. The molecule has 0 radical (unpaired) electrons. The minimum absolute atomic E-state index is 0.0552. The van der Waals surface area contributed by atoms with Crippen LogP contribution in [0.5, 0.6) is 0 Å². The maximum Gasteiger partial charge on any atom is 0.240 e. The molecule has 2 atom stereocenters. The first-order chi connectivity index (χ1) is 11.4. The molecule has 2 unspecified atom stereocenters. The summed E-state index contributed by atoms with van der Waals surface area (Å²) in [7, 11) is 1.66. The second-order valence-corrected chi connectivity index (χ2v) is 7.20. The van der Waals surface area contributed by atoms with E-state index in [2.05, 4.69) is 6.07 Å². The normalized spacial score (nSPS) is 20.6. The fourth-order valence-electron chi connectivity index (χ4n) is 3.74. The first-order valence-electron chi connectivity index (χ1n) is 8.62. The Morgan fingerprint density at radius 2 is 2.08 bits per heavy atom. The Bertz CT molecular complexity index is 667. The number of ether oxygens (including phenoxy) is 1. The summed E-state index contributed by atoms with van der Waals surface area (Å²) in [6, 6.07) is 5.69. The lowest BCUT2D eigenvalue weighted by Gasteiger charge is -2.39. The van der Waals surface area contributed by atoms with Gasteiger partial charge in [0.2, 0.25) is 5.91 Å². The molecule has 1 aromatic carbocycles. The third kappa shape index (κ3) is 2.81. The molecule has 1 amide bonds. The number of rotatable bonds is 6. The Kier molecular flexibility index (Phi) is 4.38. The largest absolute Gasteiger partial charge is 0.382 e. The van der Waals surface area contributed by atoms with Crippen molar-refractivity contribution in [2.75, 3.05) is 18.6 Å². The summed E-state index contributed by atoms with van der Waals surface area (Å²) in [6.07, 6.45) is 3.19. The van der Waals surface area contributed by atoms with Crippen LogP contribution in [-0.2, 0) is 19.7 Å². The fraction of sp³-hybridized carbons (Fsp3) is 0.579. The number of ketones is 1. The van der Waals surface area contributed by atoms with E-state index >= 15 is 0 Å². The van der Waals surface area contributed by atoms with E-state index in [9.17, 15) is 9.59 Å². The highest BCUT2D eigenvalue weighted by molar-refractivity contribution is 6.02. The zero-order valence-electron chi connectivity index (χ0n) is 14.7. The first kappa shape index (κ1) is 17.0. The molecule has 2 N–H and O–H groups in total. The number of fused-ring (bicyclic) bond motifs is 2. The predicted molar refractivity (Wildman–Crippen MR) is 93.1 cm³/mol. The maximum absolute atomic E-state index is 12.8. The van der Waals surface area contributed by atoms with E-state index in [-0.39, 0.29) is 29.8 Å². The molecule has 1 saturated carbocycles. The molecular formula is C19H26N2O3. The van der Waals surface area contributed by atoms with Crippen molar-refractivity contribution in [2.24, 2.45) is 5.73 Å². The lowest BCUT2D eigenvalue weighted by atomic mass is 9.83. The lowest BCUT2D eigenvalue weighted by molar-refractivity contribution is -0.121. The Morgan fingerprint density at radius 3 is 2.67 bits per heavy atom. The van der Waals surface area contributed by atoms with E-state index in [0.29, 0.717) is 6.42 Å². The molecule has 1 fully saturated rings. The van der Waals surface area contributed by atoms with Gasteiger partial charge in [-0.15, -0.1) is 0 Å². The summed E-state index contributed by atoms with van der Waals surface area (Å²) in [5.74, 6) is -0.170. The molecule has 2 aliphatic rings. The third-order valence-electron chi connectivity index (χ3n) is 5.53. The highest BCUT2D eigenvalue weighted by Crippen LogP contribution is 2.55. The fourth-order valence-corrected chi connectivity index (χ4v) is 3.74. The monoisotopic (exact) mass is 330 g/mol. The van der Waals surface area contributed by atoms with Gasteiger partial charge in [-0.3, -0.25) is 9.59 Å². The SMILES string of the molecule is COC(C)CCC(C(N)=O)N1CC(=O)C2(CC2)c2cc(C)ccc21. The van der Waals surface area contributed by atoms with E-state index < -0.39 is 6.04 Å². The van der Waals surface area contributed by atoms with Gasteiger partial charge < -0.3 is 15.4 Å². The number of primary amides is 1. The standard InChI is InChI=1S/C19H26N2O3/c1-12-4-6-15-14(10-12)19(8-9-19)17(22)11-21(15)16(18(20)23)7-5-13(2)24-3/h4,6,10,13,16H,5,7-9,11H2,1-3H3,(H2,20,23). The molecule has 0 saturated heterocycles. The van der Waals surface area contributed by atoms with E-state index in [1.54, 1.807) is 7.11 Å². The number of benzene rings is 1. The van der Waals surface area contributed by atoms with Crippen molar-refractivity contribution in [3.05, 3.63) is 29.3 Å². The van der Waals surface area contributed by atoms with Crippen molar-refractivity contribution in [2.45, 2.75) is 57.1 Å². The second-order valence-electron chi connectivity index (χ2n) is 7.20. The molecule has 1 aliphatic carbocycles. The van der Waals surface area contributed by atoms with Gasteiger partial charge in [-0.05, 0) is 51.2 Å². The van der Waals surface area contributed by atoms with Crippen LogP contribution in [-0.4, -0.2) is 37.5 Å². The highest BCUT2D eigenvalue weighted by Gasteiger charge is 2.55. The van der Waals surface area contributed by atoms with E-state index in [0.717, 1.165) is 36.1 Å². The first-order valence-corrected chi connectivity index (χ1v) is 8.62. The molecule has 24 heavy (non-hydrogen) atoms. The van der Waals surface area contributed by atoms with Gasteiger partial charge in [0.05, 0.1) is 18.1 Å². The number of anilines is 1. The smallest absolute Gasteiger partial charge is 0.240 e. The van der Waals surface area contributed by atoms with Crippen molar-refractivity contribution in [1.82, 2.24) is 0 Å². The Morgan fingerprint density at radius 1 is 1.38 bits per heavy atom. The number of hydrogen-bond acceptors (Lipinski definition) is 4.